The molecule has 1 aromatic rings. The Morgan fingerprint density at radius 2 is 2.47 bits per heavy atom. The molecule has 0 aromatic carbocycles. The number of aliphatic carboxylic acids is 1. The monoisotopic (exact) mass is 243 g/mol. The minimum absolute atomic E-state index is 0.0749. The van der Waals surface area contributed by atoms with Crippen molar-refractivity contribution >= 4 is 29.1 Å². The van der Waals surface area contributed by atoms with Crippen molar-refractivity contribution in [3.63, 3.8) is 0 Å². The van der Waals surface area contributed by atoms with Crippen molar-refractivity contribution < 1.29 is 9.90 Å². The second kappa shape index (κ2) is 5.92. The Labute approximate surface area is 97.2 Å². The first kappa shape index (κ1) is 12.3. The molecule has 1 rings (SSSR count). The molecule has 0 spiro atoms. The Morgan fingerprint density at radius 3 is 3.07 bits per heavy atom. The molecule has 0 unspecified atom stereocenters. The van der Waals surface area contributed by atoms with E-state index < -0.39 is 5.97 Å². The number of hydrogen-bond donors (Lipinski definition) is 1. The molecule has 82 valence electrons. The Hall–Kier alpha value is -0.810. The highest BCUT2D eigenvalue weighted by molar-refractivity contribution is 8.01. The second-order valence-electron chi connectivity index (χ2n) is 2.98. The molecule has 5 heteroatoms. The molecule has 0 radical (unpaired) electrons. The standard InChI is InChI=1S/C10H13NO2S2/c1-3-4-5-14-10-11-7(2)8(15-10)6-9(12)13/h3H,1,4-6H2,2H3,(H,12,13). The van der Waals surface area contributed by atoms with E-state index in [-0.39, 0.29) is 6.42 Å². The van der Waals surface area contributed by atoms with Gasteiger partial charge in [-0.05, 0) is 13.3 Å². The number of carboxylic acid groups (broad SMARTS) is 1. The van der Waals surface area contributed by atoms with Crippen molar-refractivity contribution in [1.82, 2.24) is 4.98 Å². The van der Waals surface area contributed by atoms with Crippen LogP contribution >= 0.6 is 23.1 Å². The van der Waals surface area contributed by atoms with E-state index >= 15 is 0 Å². The number of aromatic nitrogens is 1. The largest absolute Gasteiger partial charge is 0.481 e. The number of aryl methyl sites for hydroxylation is 1. The number of hydrogen-bond acceptors (Lipinski definition) is 4. The van der Waals surface area contributed by atoms with Gasteiger partial charge in [0.05, 0.1) is 12.1 Å². The van der Waals surface area contributed by atoms with Gasteiger partial charge in [0, 0.05) is 10.6 Å². The van der Waals surface area contributed by atoms with Gasteiger partial charge in [0.25, 0.3) is 0 Å². The highest BCUT2D eigenvalue weighted by Gasteiger charge is 2.10. The van der Waals surface area contributed by atoms with Crippen LogP contribution in [-0.2, 0) is 11.2 Å². The molecule has 0 atom stereocenters. The lowest BCUT2D eigenvalue weighted by molar-refractivity contribution is -0.136. The van der Waals surface area contributed by atoms with Gasteiger partial charge in [0.2, 0.25) is 0 Å². The fraction of sp³-hybridized carbons (Fsp3) is 0.400. The Balaban J connectivity index is 2.59. The van der Waals surface area contributed by atoms with Crippen molar-refractivity contribution in [2.45, 2.75) is 24.1 Å². The van der Waals surface area contributed by atoms with E-state index in [9.17, 15) is 4.79 Å². The number of carbonyl (C=O) groups is 1. The van der Waals surface area contributed by atoms with Gasteiger partial charge in [0.15, 0.2) is 0 Å². The normalized spacial score (nSPS) is 10.2. The zero-order valence-corrected chi connectivity index (χ0v) is 10.2. The summed E-state index contributed by atoms with van der Waals surface area (Å²) >= 11 is 3.13. The lowest BCUT2D eigenvalue weighted by atomic mass is 10.3. The van der Waals surface area contributed by atoms with Crippen molar-refractivity contribution in [2.75, 3.05) is 5.75 Å². The first-order chi connectivity index (χ1) is 7.13. The van der Waals surface area contributed by atoms with Crippen molar-refractivity contribution in [1.29, 1.82) is 0 Å². The van der Waals surface area contributed by atoms with Crippen LogP contribution in [0.1, 0.15) is 17.0 Å². The van der Waals surface area contributed by atoms with Crippen molar-refractivity contribution in [3.05, 3.63) is 23.2 Å². The minimum Gasteiger partial charge on any atom is -0.481 e. The first-order valence-electron chi connectivity index (χ1n) is 4.55. The van der Waals surface area contributed by atoms with Crippen LogP contribution in [0, 0.1) is 6.92 Å². The number of rotatable bonds is 6. The third-order valence-electron chi connectivity index (χ3n) is 1.73. The fourth-order valence-corrected chi connectivity index (χ4v) is 3.22. The zero-order chi connectivity index (χ0) is 11.3. The third-order valence-corrected chi connectivity index (χ3v) is 4.07. The molecule has 0 fully saturated rings. The molecular formula is C10H13NO2S2. The van der Waals surface area contributed by atoms with E-state index in [4.69, 9.17) is 5.11 Å². The predicted molar refractivity (Wildman–Crippen MR) is 63.7 cm³/mol. The summed E-state index contributed by atoms with van der Waals surface area (Å²) < 4.78 is 0.950. The van der Waals surface area contributed by atoms with E-state index in [1.165, 1.54) is 11.3 Å². The summed E-state index contributed by atoms with van der Waals surface area (Å²) in [5, 5.41) is 8.67. The highest BCUT2D eigenvalue weighted by atomic mass is 32.2. The van der Waals surface area contributed by atoms with Crippen LogP contribution < -0.4 is 0 Å². The quantitative estimate of drug-likeness (QED) is 0.474. The molecule has 0 aliphatic carbocycles. The maximum Gasteiger partial charge on any atom is 0.308 e. The van der Waals surface area contributed by atoms with Gasteiger partial charge in [-0.1, -0.05) is 17.8 Å². The van der Waals surface area contributed by atoms with E-state index in [0.717, 1.165) is 27.1 Å². The minimum atomic E-state index is -0.801. The highest BCUT2D eigenvalue weighted by Crippen LogP contribution is 2.27. The number of nitrogens with zero attached hydrogens (tertiary/aromatic N) is 1. The summed E-state index contributed by atoms with van der Waals surface area (Å²) in [5.74, 6) is 0.146. The van der Waals surface area contributed by atoms with E-state index in [1.807, 2.05) is 13.0 Å². The summed E-state index contributed by atoms with van der Waals surface area (Å²) in [6, 6.07) is 0. The van der Waals surface area contributed by atoms with Gasteiger partial charge < -0.3 is 5.11 Å². The van der Waals surface area contributed by atoms with E-state index in [2.05, 4.69) is 11.6 Å². The molecule has 1 heterocycles. The van der Waals surface area contributed by atoms with Gasteiger partial charge >= 0.3 is 5.97 Å². The molecule has 0 saturated heterocycles. The molecule has 3 nitrogen and oxygen atoms in total. The first-order valence-corrected chi connectivity index (χ1v) is 6.35. The molecule has 0 bridgehead atoms. The molecule has 1 N–H and O–H groups in total. The SMILES string of the molecule is C=CCCSc1nc(C)c(CC(=O)O)s1. The van der Waals surface area contributed by atoms with Gasteiger partial charge in [0.1, 0.15) is 4.34 Å². The van der Waals surface area contributed by atoms with Crippen molar-refractivity contribution in [2.24, 2.45) is 0 Å². The summed E-state index contributed by atoms with van der Waals surface area (Å²) in [4.78, 5) is 15.7. The summed E-state index contributed by atoms with van der Waals surface area (Å²) in [6.07, 6.45) is 2.88. The number of allylic oxidation sites excluding steroid dienone is 1. The Bertz CT molecular complexity index is 360. The van der Waals surface area contributed by atoms with Gasteiger partial charge in [-0.2, -0.15) is 0 Å². The smallest absolute Gasteiger partial charge is 0.308 e. The molecule has 0 aliphatic heterocycles. The topological polar surface area (TPSA) is 50.2 Å². The maximum atomic E-state index is 10.5. The van der Waals surface area contributed by atoms with Crippen molar-refractivity contribution in [3.8, 4) is 0 Å². The average Bonchev–Trinajstić information content (AvgIpc) is 2.47. The van der Waals surface area contributed by atoms with Crippen LogP contribution in [0.2, 0.25) is 0 Å². The molecule has 0 aliphatic rings. The Kier molecular flexibility index (Phi) is 4.84. The maximum absolute atomic E-state index is 10.5. The Morgan fingerprint density at radius 1 is 1.73 bits per heavy atom. The summed E-state index contributed by atoms with van der Waals surface area (Å²) in [6.45, 7) is 5.50. The lowest BCUT2D eigenvalue weighted by Gasteiger charge is -1.91. The predicted octanol–water partition coefficient (Wildman–Crippen LogP) is 2.75. The van der Waals surface area contributed by atoms with Crippen LogP contribution in [0.25, 0.3) is 0 Å². The molecule has 1 aromatic heterocycles. The fourth-order valence-electron chi connectivity index (χ4n) is 0.994. The van der Waals surface area contributed by atoms with Gasteiger partial charge in [-0.25, -0.2) is 4.98 Å². The average molecular weight is 243 g/mol. The van der Waals surface area contributed by atoms with E-state index in [0.29, 0.717) is 0 Å². The second-order valence-corrected chi connectivity index (χ2v) is 5.41. The van der Waals surface area contributed by atoms with Crippen LogP contribution in [0.3, 0.4) is 0 Å². The van der Waals surface area contributed by atoms with Gasteiger partial charge in [-0.15, -0.1) is 17.9 Å². The molecule has 0 saturated carbocycles. The van der Waals surface area contributed by atoms with Crippen LogP contribution in [0.4, 0.5) is 0 Å². The third kappa shape index (κ3) is 4.05. The van der Waals surface area contributed by atoms with Crippen LogP contribution in [-0.4, -0.2) is 21.8 Å². The number of thiazole rings is 1. The van der Waals surface area contributed by atoms with Gasteiger partial charge in [-0.3, -0.25) is 4.79 Å². The molecule has 15 heavy (non-hydrogen) atoms. The molecule has 0 amide bonds. The lowest BCUT2D eigenvalue weighted by Crippen LogP contribution is -1.99. The zero-order valence-electron chi connectivity index (χ0n) is 8.52. The van der Waals surface area contributed by atoms with E-state index in [1.54, 1.807) is 11.8 Å². The summed E-state index contributed by atoms with van der Waals surface area (Å²) in [7, 11) is 0. The van der Waals surface area contributed by atoms with Crippen LogP contribution in [0.15, 0.2) is 17.0 Å². The summed E-state index contributed by atoms with van der Waals surface area (Å²) in [5.41, 5.74) is 0.837. The number of thioether (sulfide) groups is 1. The molecular weight excluding hydrogens is 230 g/mol. The number of carboxylic acids is 1. The van der Waals surface area contributed by atoms with Crippen LogP contribution in [0.5, 0.6) is 0 Å².